The smallest absolute Gasteiger partial charge is 0.260 e. The van der Waals surface area contributed by atoms with Crippen molar-refractivity contribution in [3.8, 4) is 11.5 Å². The first-order chi connectivity index (χ1) is 15.0. The topological polar surface area (TPSA) is 56.6 Å². The molecule has 3 aromatic rings. The quantitative estimate of drug-likeness (QED) is 0.626. The van der Waals surface area contributed by atoms with Crippen LogP contribution in [0.2, 0.25) is 0 Å². The maximum atomic E-state index is 12.7. The SMILES string of the molecule is CC1(C)Cc2cccc(OCC(=O)N3CCC(Cn4cnc5ccccc54)CC3)c2O1. The first kappa shape index (κ1) is 19.9. The molecule has 31 heavy (non-hydrogen) atoms. The van der Waals surface area contributed by atoms with Gasteiger partial charge in [0, 0.05) is 31.6 Å². The van der Waals surface area contributed by atoms with Gasteiger partial charge in [0.25, 0.3) is 5.91 Å². The predicted molar refractivity (Wildman–Crippen MR) is 119 cm³/mol. The molecule has 0 spiro atoms. The Hall–Kier alpha value is -3.02. The van der Waals surface area contributed by atoms with E-state index in [2.05, 4.69) is 41.6 Å². The van der Waals surface area contributed by atoms with Crippen LogP contribution in [0.5, 0.6) is 11.5 Å². The van der Waals surface area contributed by atoms with E-state index in [1.54, 1.807) is 0 Å². The number of rotatable bonds is 5. The number of carbonyl (C=O) groups is 1. The van der Waals surface area contributed by atoms with E-state index in [-0.39, 0.29) is 18.1 Å². The lowest BCUT2D eigenvalue weighted by atomic mass is 9.96. The molecule has 2 aliphatic rings. The second-order valence-electron chi connectivity index (χ2n) is 9.28. The fourth-order valence-corrected chi connectivity index (χ4v) is 4.73. The molecule has 0 atom stereocenters. The molecule has 0 radical (unpaired) electrons. The van der Waals surface area contributed by atoms with Crippen LogP contribution in [-0.4, -0.2) is 45.7 Å². The van der Waals surface area contributed by atoms with Crippen LogP contribution >= 0.6 is 0 Å². The second-order valence-corrected chi connectivity index (χ2v) is 9.28. The Morgan fingerprint density at radius 3 is 2.81 bits per heavy atom. The molecule has 6 nitrogen and oxygen atoms in total. The summed E-state index contributed by atoms with van der Waals surface area (Å²) in [4.78, 5) is 19.2. The van der Waals surface area contributed by atoms with Crippen LogP contribution in [0.3, 0.4) is 0 Å². The highest BCUT2D eigenvalue weighted by Gasteiger charge is 2.32. The number of benzene rings is 2. The number of hydrogen-bond donors (Lipinski definition) is 0. The van der Waals surface area contributed by atoms with E-state index in [4.69, 9.17) is 9.47 Å². The zero-order valence-electron chi connectivity index (χ0n) is 18.2. The maximum absolute atomic E-state index is 12.7. The summed E-state index contributed by atoms with van der Waals surface area (Å²) in [5, 5.41) is 0. The minimum absolute atomic E-state index is 0.0430. The Balaban J connectivity index is 1.14. The van der Waals surface area contributed by atoms with E-state index in [1.165, 1.54) is 5.52 Å². The standard InChI is InChI=1S/C25H29N3O3/c1-25(2)14-19-6-5-9-22(24(19)31-25)30-16-23(29)27-12-10-18(11-13-27)15-28-17-26-20-7-3-4-8-21(20)28/h3-9,17-18H,10-16H2,1-2H3. The van der Waals surface area contributed by atoms with Crippen LogP contribution in [0.4, 0.5) is 0 Å². The first-order valence-corrected chi connectivity index (χ1v) is 11.1. The molecule has 2 aromatic carbocycles. The van der Waals surface area contributed by atoms with Crippen molar-refractivity contribution in [2.75, 3.05) is 19.7 Å². The van der Waals surface area contributed by atoms with Gasteiger partial charge in [-0.1, -0.05) is 24.3 Å². The molecule has 1 saturated heterocycles. The largest absolute Gasteiger partial charge is 0.483 e. The summed E-state index contributed by atoms with van der Waals surface area (Å²) in [5.74, 6) is 2.04. The number of ether oxygens (including phenoxy) is 2. The fraction of sp³-hybridized carbons (Fsp3) is 0.440. The molecule has 0 bridgehead atoms. The lowest BCUT2D eigenvalue weighted by Gasteiger charge is -2.32. The lowest BCUT2D eigenvalue weighted by molar-refractivity contribution is -0.134. The van der Waals surface area contributed by atoms with E-state index < -0.39 is 0 Å². The van der Waals surface area contributed by atoms with Crippen LogP contribution in [0, 0.1) is 5.92 Å². The van der Waals surface area contributed by atoms with Crippen molar-refractivity contribution in [3.05, 3.63) is 54.4 Å². The van der Waals surface area contributed by atoms with Crippen LogP contribution < -0.4 is 9.47 Å². The molecular formula is C25H29N3O3. The van der Waals surface area contributed by atoms with Gasteiger partial charge in [-0.05, 0) is 50.8 Å². The summed E-state index contributed by atoms with van der Waals surface area (Å²) in [7, 11) is 0. The van der Waals surface area contributed by atoms with Gasteiger partial charge in [-0.15, -0.1) is 0 Å². The molecule has 6 heteroatoms. The van der Waals surface area contributed by atoms with Crippen LogP contribution in [-0.2, 0) is 17.8 Å². The maximum Gasteiger partial charge on any atom is 0.260 e. The number of aromatic nitrogens is 2. The van der Waals surface area contributed by atoms with Gasteiger partial charge >= 0.3 is 0 Å². The first-order valence-electron chi connectivity index (χ1n) is 11.1. The average Bonchev–Trinajstić information content (AvgIpc) is 3.32. The zero-order valence-corrected chi connectivity index (χ0v) is 18.2. The third-order valence-electron chi connectivity index (χ3n) is 6.36. The highest BCUT2D eigenvalue weighted by Crippen LogP contribution is 2.41. The van der Waals surface area contributed by atoms with E-state index in [1.807, 2.05) is 35.5 Å². The van der Waals surface area contributed by atoms with Gasteiger partial charge < -0.3 is 18.9 Å². The van der Waals surface area contributed by atoms with Crippen molar-refractivity contribution >= 4 is 16.9 Å². The molecule has 0 aliphatic carbocycles. The number of piperidine rings is 1. The molecule has 1 fully saturated rings. The second kappa shape index (κ2) is 7.91. The highest BCUT2D eigenvalue weighted by atomic mass is 16.5. The summed E-state index contributed by atoms with van der Waals surface area (Å²) in [5.41, 5.74) is 3.12. The van der Waals surface area contributed by atoms with E-state index in [9.17, 15) is 4.79 Å². The number of imidazole rings is 1. The fourth-order valence-electron chi connectivity index (χ4n) is 4.73. The molecular weight excluding hydrogens is 390 g/mol. The average molecular weight is 420 g/mol. The molecule has 3 heterocycles. The van der Waals surface area contributed by atoms with Gasteiger partial charge in [0.2, 0.25) is 0 Å². The highest BCUT2D eigenvalue weighted by molar-refractivity contribution is 5.78. The Bertz CT molecular complexity index is 1100. The number of amides is 1. The van der Waals surface area contributed by atoms with E-state index >= 15 is 0 Å². The number of likely N-dealkylation sites (tertiary alicyclic amines) is 1. The molecule has 0 saturated carbocycles. The van der Waals surface area contributed by atoms with Gasteiger partial charge in [-0.3, -0.25) is 4.79 Å². The van der Waals surface area contributed by atoms with Gasteiger partial charge in [0.15, 0.2) is 18.1 Å². The summed E-state index contributed by atoms with van der Waals surface area (Å²) in [6.45, 7) is 6.68. The summed E-state index contributed by atoms with van der Waals surface area (Å²) in [6, 6.07) is 14.1. The number of carbonyl (C=O) groups excluding carboxylic acids is 1. The van der Waals surface area contributed by atoms with Crippen LogP contribution in [0.1, 0.15) is 32.3 Å². The molecule has 5 rings (SSSR count). The van der Waals surface area contributed by atoms with E-state index in [0.717, 1.165) is 55.7 Å². The van der Waals surface area contributed by atoms with Crippen molar-refractivity contribution in [3.63, 3.8) is 0 Å². The number of nitrogens with zero attached hydrogens (tertiary/aromatic N) is 3. The minimum atomic E-state index is -0.228. The third-order valence-corrected chi connectivity index (χ3v) is 6.36. The van der Waals surface area contributed by atoms with Crippen molar-refractivity contribution in [1.82, 2.24) is 14.5 Å². The van der Waals surface area contributed by atoms with Gasteiger partial charge in [0.05, 0.1) is 17.4 Å². The van der Waals surface area contributed by atoms with Crippen LogP contribution in [0.25, 0.3) is 11.0 Å². The van der Waals surface area contributed by atoms with Crippen LogP contribution in [0.15, 0.2) is 48.8 Å². The third kappa shape index (κ3) is 4.11. The summed E-state index contributed by atoms with van der Waals surface area (Å²) >= 11 is 0. The van der Waals surface area contributed by atoms with Gasteiger partial charge in [-0.25, -0.2) is 4.98 Å². The molecule has 0 N–H and O–H groups in total. The van der Waals surface area contributed by atoms with Gasteiger partial charge in [0.1, 0.15) is 5.60 Å². The number of para-hydroxylation sites is 3. The lowest BCUT2D eigenvalue weighted by Crippen LogP contribution is -2.41. The zero-order chi connectivity index (χ0) is 21.4. The van der Waals surface area contributed by atoms with Crippen molar-refractivity contribution in [2.45, 2.75) is 45.3 Å². The Labute approximate surface area is 182 Å². The predicted octanol–water partition coefficient (Wildman–Crippen LogP) is 4.07. The monoisotopic (exact) mass is 419 g/mol. The van der Waals surface area contributed by atoms with Crippen molar-refractivity contribution < 1.29 is 14.3 Å². The molecule has 1 amide bonds. The van der Waals surface area contributed by atoms with Crippen molar-refractivity contribution in [2.24, 2.45) is 5.92 Å². The number of hydrogen-bond acceptors (Lipinski definition) is 4. The Kier molecular flexibility index (Phi) is 5.08. The summed E-state index contributed by atoms with van der Waals surface area (Å²) < 4.78 is 14.2. The van der Waals surface area contributed by atoms with Crippen molar-refractivity contribution in [1.29, 1.82) is 0 Å². The molecule has 162 valence electrons. The Morgan fingerprint density at radius 1 is 1.16 bits per heavy atom. The number of fused-ring (bicyclic) bond motifs is 2. The summed E-state index contributed by atoms with van der Waals surface area (Å²) in [6.07, 6.45) is 4.78. The normalized spacial score (nSPS) is 18.1. The minimum Gasteiger partial charge on any atom is -0.483 e. The molecule has 0 unspecified atom stereocenters. The van der Waals surface area contributed by atoms with E-state index in [0.29, 0.717) is 11.7 Å². The molecule has 1 aromatic heterocycles. The molecule has 2 aliphatic heterocycles. The Morgan fingerprint density at radius 2 is 1.97 bits per heavy atom. The van der Waals surface area contributed by atoms with Gasteiger partial charge in [-0.2, -0.15) is 0 Å².